The third-order valence-corrected chi connectivity index (χ3v) is 9.49. The molecule has 2 saturated heterocycles. The van der Waals surface area contributed by atoms with Gasteiger partial charge in [0.15, 0.2) is 0 Å². The summed E-state index contributed by atoms with van der Waals surface area (Å²) in [5.74, 6) is -4.99. The number of rotatable bonds is 16. The fraction of sp³-hybridized carbons (Fsp3) is 0.606. The number of phenols is 1. The van der Waals surface area contributed by atoms with Crippen LogP contribution in [-0.2, 0) is 49.8 Å². The molecule has 1 aromatic carbocycles. The average molecular weight is 752 g/mol. The molecule has 1 aromatic rings. The van der Waals surface area contributed by atoms with E-state index in [9.17, 15) is 43.8 Å². The van der Waals surface area contributed by atoms with E-state index < -0.39 is 72.6 Å². The van der Waals surface area contributed by atoms with Gasteiger partial charge in [-0.2, -0.15) is 11.8 Å². The van der Waals surface area contributed by atoms with Crippen LogP contribution in [0.5, 0.6) is 5.75 Å². The number of carbonyl (C=O) groups excluding carboxylic acids is 6. The summed E-state index contributed by atoms with van der Waals surface area (Å²) in [5, 5.41) is 34.8. The van der Waals surface area contributed by atoms with Gasteiger partial charge in [-0.25, -0.2) is 9.78 Å². The molecule has 2 aliphatic heterocycles. The maximum absolute atomic E-state index is 13.8. The predicted octanol–water partition coefficient (Wildman–Crippen LogP) is -1.65. The van der Waals surface area contributed by atoms with Crippen molar-refractivity contribution >= 4 is 53.2 Å². The molecule has 1 unspecified atom stereocenters. The highest BCUT2D eigenvalue weighted by atomic mass is 32.2. The van der Waals surface area contributed by atoms with Gasteiger partial charge < -0.3 is 47.8 Å². The Kier molecular flexibility index (Phi) is 18.1. The highest BCUT2D eigenvalue weighted by Gasteiger charge is 2.33. The lowest BCUT2D eigenvalue weighted by Crippen LogP contribution is -2.58. The van der Waals surface area contributed by atoms with Crippen LogP contribution in [0.25, 0.3) is 0 Å². The minimum absolute atomic E-state index is 0.0345. The number of thioether (sulfide) groups is 1. The molecule has 19 heteroatoms. The van der Waals surface area contributed by atoms with Crippen LogP contribution in [0, 0.1) is 0 Å². The Morgan fingerprint density at radius 2 is 1.50 bits per heavy atom. The van der Waals surface area contributed by atoms with Crippen LogP contribution >= 0.6 is 11.8 Å². The zero-order valence-corrected chi connectivity index (χ0v) is 29.7. The van der Waals surface area contributed by atoms with E-state index in [1.807, 2.05) is 0 Å². The molecule has 52 heavy (non-hydrogen) atoms. The number of aliphatic carboxylic acids is 1. The van der Waals surface area contributed by atoms with Crippen LogP contribution in [0.4, 0.5) is 0 Å². The van der Waals surface area contributed by atoms with Gasteiger partial charge >= 0.3 is 5.97 Å². The van der Waals surface area contributed by atoms with Gasteiger partial charge in [0.1, 0.15) is 29.9 Å². The summed E-state index contributed by atoms with van der Waals surface area (Å²) < 4.78 is 0. The van der Waals surface area contributed by atoms with E-state index in [4.69, 9.17) is 15.5 Å². The van der Waals surface area contributed by atoms with Crippen molar-refractivity contribution in [3.8, 4) is 5.75 Å². The molecule has 2 aliphatic rings. The zero-order chi connectivity index (χ0) is 37.9. The molecule has 0 aliphatic carbocycles. The Hall–Kier alpha value is -4.46. The monoisotopic (exact) mass is 751 g/mol. The lowest BCUT2D eigenvalue weighted by Gasteiger charge is -2.26. The van der Waals surface area contributed by atoms with Crippen molar-refractivity contribution in [3.63, 3.8) is 0 Å². The molecule has 288 valence electrons. The molecule has 2 heterocycles. The van der Waals surface area contributed by atoms with Gasteiger partial charge in [-0.3, -0.25) is 33.6 Å². The first-order valence-corrected chi connectivity index (χ1v) is 18.3. The summed E-state index contributed by atoms with van der Waals surface area (Å²) in [6.45, 7) is 0.896. The number of hydrogen-bond donors (Lipinski definition) is 9. The normalized spacial score (nSPS) is 23.5. The van der Waals surface area contributed by atoms with Gasteiger partial charge in [0.05, 0.1) is 26.2 Å². The van der Waals surface area contributed by atoms with Gasteiger partial charge in [0, 0.05) is 30.4 Å². The fourth-order valence-electron chi connectivity index (χ4n) is 5.36. The van der Waals surface area contributed by atoms with E-state index >= 15 is 0 Å². The van der Waals surface area contributed by atoms with Crippen LogP contribution in [-0.4, -0.2) is 120 Å². The van der Waals surface area contributed by atoms with Gasteiger partial charge in [-0.05, 0) is 62.8 Å². The number of hydrogen-bond acceptors (Lipinski definition) is 12. The molecule has 6 amide bonds. The Morgan fingerprint density at radius 3 is 2.17 bits per heavy atom. The third kappa shape index (κ3) is 15.4. The number of amides is 6. The number of benzene rings is 1. The summed E-state index contributed by atoms with van der Waals surface area (Å²) in [6.07, 6.45) is 1.62. The maximum atomic E-state index is 13.8. The van der Waals surface area contributed by atoms with E-state index in [1.165, 1.54) is 24.3 Å². The number of carbonyl (C=O) groups is 7. The van der Waals surface area contributed by atoms with Crippen LogP contribution < -0.4 is 37.6 Å². The number of nitrogens with one attached hydrogen (secondary N) is 6. The van der Waals surface area contributed by atoms with Crippen molar-refractivity contribution in [1.82, 2.24) is 31.9 Å². The van der Waals surface area contributed by atoms with E-state index in [0.717, 1.165) is 6.42 Å². The van der Waals surface area contributed by atoms with Crippen molar-refractivity contribution in [3.05, 3.63) is 29.8 Å². The summed E-state index contributed by atoms with van der Waals surface area (Å²) in [4.78, 5) is 100. The van der Waals surface area contributed by atoms with Gasteiger partial charge in [0.25, 0.3) is 0 Å². The quantitative estimate of drug-likeness (QED) is 0.0677. The topological polar surface area (TPSA) is 277 Å². The lowest BCUT2D eigenvalue weighted by molar-refractivity contribution is -0.310. The molecule has 0 saturated carbocycles. The number of carboxylic acid groups (broad SMARTS) is 1. The van der Waals surface area contributed by atoms with Gasteiger partial charge in [-0.15, -0.1) is 0 Å². The predicted molar refractivity (Wildman–Crippen MR) is 187 cm³/mol. The first kappa shape index (κ1) is 42.0. The summed E-state index contributed by atoms with van der Waals surface area (Å²) in [7, 11) is 0. The van der Waals surface area contributed by atoms with Crippen LogP contribution in [0.3, 0.4) is 0 Å². The van der Waals surface area contributed by atoms with Crippen LogP contribution in [0.1, 0.15) is 56.9 Å². The van der Waals surface area contributed by atoms with Crippen molar-refractivity contribution in [2.75, 3.05) is 38.6 Å². The smallest absolute Gasteiger partial charge is 0.305 e. The number of carboxylic acids is 1. The van der Waals surface area contributed by atoms with Crippen molar-refractivity contribution < 1.29 is 53.5 Å². The summed E-state index contributed by atoms with van der Waals surface area (Å²) in [5.41, 5.74) is 6.16. The third-order valence-electron chi connectivity index (χ3n) is 8.21. The Labute approximate surface area is 305 Å². The SMILES string of the molecule is NCCC[C@@H]1NC(=O)[C@H](CCCCNC(=O)CCSC2CCOOC2)NC(=O)[C@@H](Cc2ccc(O)cc2)NC(=O)[C@H](CC(=O)O)NC(=O)CNC1=O. The molecular weight excluding hydrogens is 702 g/mol. The first-order valence-electron chi connectivity index (χ1n) is 17.3. The molecule has 0 spiro atoms. The van der Waals surface area contributed by atoms with Crippen molar-refractivity contribution in [2.45, 2.75) is 87.2 Å². The highest BCUT2D eigenvalue weighted by molar-refractivity contribution is 7.99. The minimum atomic E-state index is -1.60. The number of phenolic OH excluding ortho intramolecular Hbond substituents is 1. The first-order chi connectivity index (χ1) is 24.9. The molecule has 0 radical (unpaired) electrons. The van der Waals surface area contributed by atoms with Gasteiger partial charge in [-0.1, -0.05) is 12.1 Å². The summed E-state index contributed by atoms with van der Waals surface area (Å²) >= 11 is 1.64. The van der Waals surface area contributed by atoms with Crippen molar-refractivity contribution in [2.24, 2.45) is 5.73 Å². The van der Waals surface area contributed by atoms with E-state index in [-0.39, 0.29) is 42.7 Å². The Morgan fingerprint density at radius 1 is 0.846 bits per heavy atom. The summed E-state index contributed by atoms with van der Waals surface area (Å²) in [6, 6.07) is 0.561. The standard InChI is InChI=1S/C33H49N7O11S/c34-12-3-5-23-30(46)36-18-28(43)37-26(17-29(44)45)33(49)40-25(16-20-6-8-21(41)9-7-20)32(48)39-24(31(47)38-23)4-1-2-13-35-27(42)11-15-52-22-10-14-50-51-19-22/h6-9,22-26,41H,1-5,10-19,34H2,(H,35,42)(H,36,46)(H,37,43)(H,38,47)(H,39,48)(H,40,49)(H,44,45)/t22?,23-,24-,25+,26-/m0/s1. The second kappa shape index (κ2) is 22.5. The van der Waals surface area contributed by atoms with Crippen LogP contribution in [0.2, 0.25) is 0 Å². The Bertz CT molecular complexity index is 1380. The number of aromatic hydroxyl groups is 1. The maximum Gasteiger partial charge on any atom is 0.305 e. The lowest BCUT2D eigenvalue weighted by atomic mass is 10.0. The number of nitrogens with two attached hydrogens (primary N) is 1. The second-order valence-electron chi connectivity index (χ2n) is 12.4. The fourth-order valence-corrected chi connectivity index (χ4v) is 6.41. The van der Waals surface area contributed by atoms with E-state index in [0.29, 0.717) is 56.8 Å². The van der Waals surface area contributed by atoms with E-state index in [2.05, 4.69) is 31.9 Å². The minimum Gasteiger partial charge on any atom is -0.508 e. The molecule has 10 N–H and O–H groups in total. The van der Waals surface area contributed by atoms with E-state index in [1.54, 1.807) is 11.8 Å². The van der Waals surface area contributed by atoms with Crippen molar-refractivity contribution in [1.29, 1.82) is 0 Å². The molecule has 2 fully saturated rings. The largest absolute Gasteiger partial charge is 0.508 e. The number of unbranched alkanes of at least 4 members (excludes halogenated alkanes) is 1. The zero-order valence-electron chi connectivity index (χ0n) is 28.9. The molecule has 18 nitrogen and oxygen atoms in total. The molecule has 0 bridgehead atoms. The molecule has 0 aromatic heterocycles. The van der Waals surface area contributed by atoms with Crippen LogP contribution in [0.15, 0.2) is 24.3 Å². The highest BCUT2D eigenvalue weighted by Crippen LogP contribution is 2.19. The molecular formula is C33H49N7O11S. The Balaban J connectivity index is 1.75. The molecule has 3 rings (SSSR count). The van der Waals surface area contributed by atoms with Gasteiger partial charge in [0.2, 0.25) is 35.4 Å². The second-order valence-corrected chi connectivity index (χ2v) is 13.8. The molecule has 5 atom stereocenters. The average Bonchev–Trinajstić information content (AvgIpc) is 3.11.